The van der Waals surface area contributed by atoms with Crippen molar-refractivity contribution in [2.24, 2.45) is 5.92 Å². The fourth-order valence-corrected chi connectivity index (χ4v) is 2.63. The summed E-state index contributed by atoms with van der Waals surface area (Å²) in [5.74, 6) is -1.61. The quantitative estimate of drug-likeness (QED) is 0.753. The van der Waals surface area contributed by atoms with Crippen molar-refractivity contribution in [3.63, 3.8) is 0 Å². The van der Waals surface area contributed by atoms with Crippen molar-refractivity contribution < 1.29 is 22.4 Å². The first-order valence-electron chi connectivity index (χ1n) is 6.99. The molecule has 0 N–H and O–H groups in total. The Morgan fingerprint density at radius 1 is 1.29 bits per heavy atom. The molecule has 1 aromatic carbocycles. The van der Waals surface area contributed by atoms with Crippen LogP contribution >= 0.6 is 0 Å². The number of carbonyl (C=O) groups excluding carboxylic acids is 1. The summed E-state index contributed by atoms with van der Waals surface area (Å²) >= 11 is 0. The number of benzene rings is 1. The van der Waals surface area contributed by atoms with E-state index in [1.807, 2.05) is 0 Å². The van der Waals surface area contributed by atoms with Crippen molar-refractivity contribution in [3.05, 3.63) is 35.1 Å². The maximum Gasteiger partial charge on any atom is 0.419 e. The number of amides is 1. The molecule has 1 amide bonds. The van der Waals surface area contributed by atoms with E-state index in [1.54, 1.807) is 0 Å². The standard InChI is InChI=1S/C15H17F4NO/c1-2-10-6-8-20(9-7-10)14(21)11-4-3-5-12(13(11)16)15(17,18)19/h3-5,10H,2,6-9H2,1H3. The number of rotatable bonds is 2. The van der Waals surface area contributed by atoms with Gasteiger partial charge in [-0.25, -0.2) is 4.39 Å². The van der Waals surface area contributed by atoms with Crippen LogP contribution in [0.3, 0.4) is 0 Å². The summed E-state index contributed by atoms with van der Waals surface area (Å²) in [6.07, 6.45) is -2.17. The van der Waals surface area contributed by atoms with Crippen molar-refractivity contribution in [2.45, 2.75) is 32.4 Å². The van der Waals surface area contributed by atoms with Crippen molar-refractivity contribution >= 4 is 5.91 Å². The molecule has 1 saturated heterocycles. The van der Waals surface area contributed by atoms with Crippen molar-refractivity contribution in [3.8, 4) is 0 Å². The molecule has 0 atom stereocenters. The molecule has 1 aromatic rings. The Bertz CT molecular complexity index is 519. The topological polar surface area (TPSA) is 20.3 Å². The molecule has 0 aliphatic carbocycles. The van der Waals surface area contributed by atoms with Gasteiger partial charge in [0.1, 0.15) is 5.82 Å². The Balaban J connectivity index is 2.21. The van der Waals surface area contributed by atoms with Crippen LogP contribution in [0.2, 0.25) is 0 Å². The van der Waals surface area contributed by atoms with Gasteiger partial charge < -0.3 is 4.90 Å². The second kappa shape index (κ2) is 6.03. The largest absolute Gasteiger partial charge is 0.419 e. The Morgan fingerprint density at radius 2 is 1.90 bits per heavy atom. The Morgan fingerprint density at radius 3 is 2.43 bits per heavy atom. The van der Waals surface area contributed by atoms with Crippen LogP contribution in [0, 0.1) is 11.7 Å². The highest BCUT2D eigenvalue weighted by atomic mass is 19.4. The maximum absolute atomic E-state index is 13.9. The van der Waals surface area contributed by atoms with Crippen LogP contribution in [-0.4, -0.2) is 23.9 Å². The lowest BCUT2D eigenvalue weighted by molar-refractivity contribution is -0.140. The van der Waals surface area contributed by atoms with Gasteiger partial charge in [-0.1, -0.05) is 19.4 Å². The minimum atomic E-state index is -4.80. The molecular weight excluding hydrogens is 286 g/mol. The van der Waals surface area contributed by atoms with Gasteiger partial charge in [0.05, 0.1) is 11.1 Å². The number of hydrogen-bond acceptors (Lipinski definition) is 1. The van der Waals surface area contributed by atoms with E-state index in [4.69, 9.17) is 0 Å². The van der Waals surface area contributed by atoms with Crippen LogP contribution in [0.1, 0.15) is 42.1 Å². The average molecular weight is 303 g/mol. The smallest absolute Gasteiger partial charge is 0.339 e. The summed E-state index contributed by atoms with van der Waals surface area (Å²) in [6, 6.07) is 2.83. The molecule has 6 heteroatoms. The zero-order chi connectivity index (χ0) is 15.6. The van der Waals surface area contributed by atoms with E-state index >= 15 is 0 Å². The first-order chi connectivity index (χ1) is 9.84. The fraction of sp³-hybridized carbons (Fsp3) is 0.533. The molecule has 21 heavy (non-hydrogen) atoms. The molecule has 0 unspecified atom stereocenters. The zero-order valence-corrected chi connectivity index (χ0v) is 11.7. The summed E-state index contributed by atoms with van der Waals surface area (Å²) in [7, 11) is 0. The number of nitrogens with zero attached hydrogens (tertiary/aromatic N) is 1. The van der Waals surface area contributed by atoms with Gasteiger partial charge in [0, 0.05) is 13.1 Å². The van der Waals surface area contributed by atoms with Crippen molar-refractivity contribution in [1.29, 1.82) is 0 Å². The van der Waals surface area contributed by atoms with Gasteiger partial charge in [0.2, 0.25) is 0 Å². The van der Waals surface area contributed by atoms with Crippen LogP contribution < -0.4 is 0 Å². The highest BCUT2D eigenvalue weighted by molar-refractivity contribution is 5.94. The van der Waals surface area contributed by atoms with Gasteiger partial charge in [0.15, 0.2) is 0 Å². The van der Waals surface area contributed by atoms with Crippen molar-refractivity contribution in [2.75, 3.05) is 13.1 Å². The molecule has 1 fully saturated rings. The van der Waals surface area contributed by atoms with E-state index in [0.717, 1.165) is 31.4 Å². The molecular formula is C15H17F4NO. The van der Waals surface area contributed by atoms with Gasteiger partial charge in [-0.05, 0) is 30.9 Å². The average Bonchev–Trinajstić information content (AvgIpc) is 2.45. The molecule has 2 rings (SSSR count). The Labute approximate surface area is 120 Å². The summed E-state index contributed by atoms with van der Waals surface area (Å²) in [5.41, 5.74) is -1.89. The number of halogens is 4. The summed E-state index contributed by atoms with van der Waals surface area (Å²) in [4.78, 5) is 13.6. The summed E-state index contributed by atoms with van der Waals surface area (Å²) < 4.78 is 51.9. The van der Waals surface area contributed by atoms with Crippen LogP contribution in [-0.2, 0) is 6.18 Å². The van der Waals surface area contributed by atoms with Gasteiger partial charge in [0.25, 0.3) is 5.91 Å². The predicted molar refractivity (Wildman–Crippen MR) is 70.3 cm³/mol. The van der Waals surface area contributed by atoms with Gasteiger partial charge in [-0.3, -0.25) is 4.79 Å². The molecule has 1 aliphatic heterocycles. The van der Waals surface area contributed by atoms with E-state index in [9.17, 15) is 22.4 Å². The van der Waals surface area contributed by atoms with Crippen LogP contribution in [0.4, 0.5) is 17.6 Å². The second-order valence-corrected chi connectivity index (χ2v) is 5.31. The molecule has 116 valence electrons. The minimum absolute atomic E-state index is 0.465. The molecule has 0 spiro atoms. The van der Waals surface area contributed by atoms with E-state index in [2.05, 4.69) is 6.92 Å². The van der Waals surface area contributed by atoms with E-state index < -0.39 is 29.0 Å². The molecule has 1 aliphatic rings. The van der Waals surface area contributed by atoms with Gasteiger partial charge >= 0.3 is 6.18 Å². The Hall–Kier alpha value is -1.59. The van der Waals surface area contributed by atoms with Crippen LogP contribution in [0.25, 0.3) is 0 Å². The predicted octanol–water partition coefficient (Wildman–Crippen LogP) is 4.11. The maximum atomic E-state index is 13.9. The third-order valence-electron chi connectivity index (χ3n) is 4.01. The molecule has 0 bridgehead atoms. The first kappa shape index (κ1) is 15.8. The van der Waals surface area contributed by atoms with E-state index in [-0.39, 0.29) is 0 Å². The third kappa shape index (κ3) is 3.36. The molecule has 0 aromatic heterocycles. The number of piperidine rings is 1. The lowest BCUT2D eigenvalue weighted by Gasteiger charge is -2.31. The SMILES string of the molecule is CCC1CCN(C(=O)c2cccc(C(F)(F)F)c2F)CC1. The highest BCUT2D eigenvalue weighted by Gasteiger charge is 2.36. The summed E-state index contributed by atoms with van der Waals surface area (Å²) in [6.45, 7) is 2.99. The number of hydrogen-bond donors (Lipinski definition) is 0. The van der Waals surface area contributed by atoms with Gasteiger partial charge in [-0.2, -0.15) is 13.2 Å². The monoisotopic (exact) mass is 303 g/mol. The highest BCUT2D eigenvalue weighted by Crippen LogP contribution is 2.33. The third-order valence-corrected chi connectivity index (χ3v) is 4.01. The summed E-state index contributed by atoms with van der Waals surface area (Å²) in [5, 5.41) is 0. The molecule has 1 heterocycles. The number of likely N-dealkylation sites (tertiary alicyclic amines) is 1. The molecule has 0 saturated carbocycles. The fourth-order valence-electron chi connectivity index (χ4n) is 2.63. The lowest BCUT2D eigenvalue weighted by atomic mass is 9.94. The van der Waals surface area contributed by atoms with Crippen LogP contribution in [0.15, 0.2) is 18.2 Å². The normalized spacial score (nSPS) is 17.1. The molecule has 2 nitrogen and oxygen atoms in total. The van der Waals surface area contributed by atoms with E-state index in [0.29, 0.717) is 25.1 Å². The first-order valence-corrected chi connectivity index (χ1v) is 6.99. The second-order valence-electron chi connectivity index (χ2n) is 5.31. The number of alkyl halides is 3. The Kier molecular flexibility index (Phi) is 4.54. The zero-order valence-electron chi connectivity index (χ0n) is 11.7. The lowest BCUT2D eigenvalue weighted by Crippen LogP contribution is -2.39. The van der Waals surface area contributed by atoms with E-state index in [1.165, 1.54) is 4.90 Å². The van der Waals surface area contributed by atoms with Crippen molar-refractivity contribution in [1.82, 2.24) is 4.90 Å². The minimum Gasteiger partial charge on any atom is -0.339 e. The van der Waals surface area contributed by atoms with Crippen LogP contribution in [0.5, 0.6) is 0 Å². The van der Waals surface area contributed by atoms with Gasteiger partial charge in [-0.15, -0.1) is 0 Å². The number of carbonyl (C=O) groups is 1. The molecule has 0 radical (unpaired) electrons.